The van der Waals surface area contributed by atoms with E-state index in [0.29, 0.717) is 6.04 Å². The van der Waals surface area contributed by atoms with Crippen molar-refractivity contribution < 1.29 is 4.79 Å². The minimum atomic E-state index is -0.131. The standard InChI is InChI=1S/C13H21N3OS/c1-9-12(18-8-16-9)6-7-15-11-4-2-10(3-5-11)13(14)17/h8,10-11,15H,2-7H2,1H3,(H2,14,17). The lowest BCUT2D eigenvalue weighted by molar-refractivity contribution is -0.122. The molecule has 1 aliphatic carbocycles. The van der Waals surface area contributed by atoms with Crippen molar-refractivity contribution in [1.82, 2.24) is 10.3 Å². The van der Waals surface area contributed by atoms with E-state index in [4.69, 9.17) is 5.73 Å². The second-order valence-electron chi connectivity index (χ2n) is 5.02. The Kier molecular flexibility index (Phi) is 4.72. The van der Waals surface area contributed by atoms with Crippen molar-refractivity contribution in [1.29, 1.82) is 0 Å². The minimum absolute atomic E-state index is 0.104. The number of aromatic nitrogens is 1. The van der Waals surface area contributed by atoms with E-state index >= 15 is 0 Å². The van der Waals surface area contributed by atoms with Gasteiger partial charge in [0.2, 0.25) is 5.91 Å². The molecule has 0 unspecified atom stereocenters. The molecule has 0 aliphatic heterocycles. The normalized spacial score (nSPS) is 24.1. The lowest BCUT2D eigenvalue weighted by Crippen LogP contribution is -2.37. The van der Waals surface area contributed by atoms with Crippen LogP contribution in [0, 0.1) is 12.8 Å². The van der Waals surface area contributed by atoms with E-state index < -0.39 is 0 Å². The van der Waals surface area contributed by atoms with Gasteiger partial charge in [-0.15, -0.1) is 11.3 Å². The Bertz CT molecular complexity index is 397. The summed E-state index contributed by atoms with van der Waals surface area (Å²) in [5.74, 6) is -0.0273. The number of rotatable bonds is 5. The van der Waals surface area contributed by atoms with Gasteiger partial charge in [0.05, 0.1) is 11.2 Å². The molecule has 3 N–H and O–H groups in total. The van der Waals surface area contributed by atoms with Crippen LogP contribution in [0.15, 0.2) is 5.51 Å². The third-order valence-corrected chi connectivity index (χ3v) is 4.75. The smallest absolute Gasteiger partial charge is 0.220 e. The summed E-state index contributed by atoms with van der Waals surface area (Å²) in [5, 5.41) is 3.57. The molecule has 1 heterocycles. The van der Waals surface area contributed by atoms with Gasteiger partial charge in [-0.05, 0) is 39.0 Å². The highest BCUT2D eigenvalue weighted by molar-refractivity contribution is 7.09. The third kappa shape index (κ3) is 3.53. The van der Waals surface area contributed by atoms with E-state index in [2.05, 4.69) is 17.2 Å². The maximum Gasteiger partial charge on any atom is 0.220 e. The summed E-state index contributed by atoms with van der Waals surface area (Å²) in [6.45, 7) is 3.05. The maximum atomic E-state index is 11.1. The van der Waals surface area contributed by atoms with Crippen LogP contribution in [0.25, 0.3) is 0 Å². The Morgan fingerprint density at radius 2 is 2.22 bits per heavy atom. The SMILES string of the molecule is Cc1ncsc1CCNC1CCC(C(N)=O)CC1. The second kappa shape index (κ2) is 6.29. The minimum Gasteiger partial charge on any atom is -0.369 e. The van der Waals surface area contributed by atoms with Crippen LogP contribution in [-0.2, 0) is 11.2 Å². The van der Waals surface area contributed by atoms with Crippen molar-refractivity contribution in [2.75, 3.05) is 6.54 Å². The number of primary amides is 1. The Hall–Kier alpha value is -0.940. The van der Waals surface area contributed by atoms with E-state index in [1.807, 2.05) is 5.51 Å². The first-order valence-corrected chi connectivity index (χ1v) is 7.46. The second-order valence-corrected chi connectivity index (χ2v) is 5.96. The topological polar surface area (TPSA) is 68.0 Å². The zero-order valence-electron chi connectivity index (χ0n) is 10.8. The van der Waals surface area contributed by atoms with Crippen molar-refractivity contribution in [3.05, 3.63) is 16.1 Å². The number of carbonyl (C=O) groups excluding carboxylic acids is 1. The van der Waals surface area contributed by atoms with Gasteiger partial charge in [0.1, 0.15) is 0 Å². The predicted molar refractivity (Wildman–Crippen MR) is 73.5 cm³/mol. The molecule has 1 aromatic rings. The van der Waals surface area contributed by atoms with Gasteiger partial charge in [0.15, 0.2) is 0 Å². The molecule has 1 amide bonds. The number of aryl methyl sites for hydroxylation is 1. The molecule has 0 saturated heterocycles. The Labute approximate surface area is 112 Å². The van der Waals surface area contributed by atoms with Crippen LogP contribution >= 0.6 is 11.3 Å². The van der Waals surface area contributed by atoms with Gasteiger partial charge in [-0.25, -0.2) is 4.98 Å². The van der Waals surface area contributed by atoms with Gasteiger partial charge >= 0.3 is 0 Å². The molecule has 0 atom stereocenters. The average molecular weight is 267 g/mol. The Morgan fingerprint density at radius 1 is 1.50 bits per heavy atom. The van der Waals surface area contributed by atoms with E-state index in [-0.39, 0.29) is 11.8 Å². The zero-order valence-corrected chi connectivity index (χ0v) is 11.6. The molecule has 2 rings (SSSR count). The Balaban J connectivity index is 1.67. The fourth-order valence-corrected chi connectivity index (χ4v) is 3.32. The fourth-order valence-electron chi connectivity index (χ4n) is 2.54. The van der Waals surface area contributed by atoms with E-state index in [1.165, 1.54) is 4.88 Å². The van der Waals surface area contributed by atoms with Crippen LogP contribution in [0.3, 0.4) is 0 Å². The summed E-state index contributed by atoms with van der Waals surface area (Å²) >= 11 is 1.73. The van der Waals surface area contributed by atoms with Gasteiger partial charge in [-0.1, -0.05) is 0 Å². The first kappa shape index (κ1) is 13.5. The Morgan fingerprint density at radius 3 is 2.78 bits per heavy atom. The summed E-state index contributed by atoms with van der Waals surface area (Å²) in [5.41, 5.74) is 8.39. The summed E-state index contributed by atoms with van der Waals surface area (Å²) in [6.07, 6.45) is 5.05. The van der Waals surface area contributed by atoms with Gasteiger partial charge in [-0.2, -0.15) is 0 Å². The number of thiazole rings is 1. The average Bonchev–Trinajstić information content (AvgIpc) is 2.76. The molecule has 100 valence electrons. The largest absolute Gasteiger partial charge is 0.369 e. The lowest BCUT2D eigenvalue weighted by atomic mass is 9.85. The lowest BCUT2D eigenvalue weighted by Gasteiger charge is -2.27. The first-order valence-electron chi connectivity index (χ1n) is 6.58. The quantitative estimate of drug-likeness (QED) is 0.852. The molecule has 0 spiro atoms. The monoisotopic (exact) mass is 267 g/mol. The number of hydrogen-bond acceptors (Lipinski definition) is 4. The van der Waals surface area contributed by atoms with Crippen LogP contribution in [0.1, 0.15) is 36.3 Å². The summed E-state index contributed by atoms with van der Waals surface area (Å²) < 4.78 is 0. The maximum absolute atomic E-state index is 11.1. The van der Waals surface area contributed by atoms with Gasteiger partial charge in [0, 0.05) is 23.4 Å². The van der Waals surface area contributed by atoms with Crippen LogP contribution in [0.5, 0.6) is 0 Å². The van der Waals surface area contributed by atoms with Crippen molar-refractivity contribution in [3.63, 3.8) is 0 Å². The van der Waals surface area contributed by atoms with Crippen LogP contribution in [0.2, 0.25) is 0 Å². The molecule has 18 heavy (non-hydrogen) atoms. The molecule has 1 aliphatic rings. The molecule has 5 heteroatoms. The number of hydrogen-bond donors (Lipinski definition) is 2. The first-order chi connectivity index (χ1) is 8.66. The van der Waals surface area contributed by atoms with Gasteiger partial charge < -0.3 is 11.1 Å². The summed E-state index contributed by atoms with van der Waals surface area (Å²) in [4.78, 5) is 16.7. The van der Waals surface area contributed by atoms with Crippen LogP contribution in [-0.4, -0.2) is 23.5 Å². The number of nitrogens with one attached hydrogen (secondary N) is 1. The number of nitrogens with two attached hydrogens (primary N) is 1. The molecule has 0 bridgehead atoms. The molecule has 0 radical (unpaired) electrons. The van der Waals surface area contributed by atoms with Crippen LogP contribution < -0.4 is 11.1 Å². The molecular weight excluding hydrogens is 246 g/mol. The third-order valence-electron chi connectivity index (χ3n) is 3.76. The van der Waals surface area contributed by atoms with E-state index in [9.17, 15) is 4.79 Å². The highest BCUT2D eigenvalue weighted by atomic mass is 32.1. The van der Waals surface area contributed by atoms with Crippen molar-refractivity contribution in [2.45, 2.75) is 45.1 Å². The van der Waals surface area contributed by atoms with Crippen molar-refractivity contribution in [2.24, 2.45) is 11.7 Å². The number of carbonyl (C=O) groups is 1. The number of nitrogens with zero attached hydrogens (tertiary/aromatic N) is 1. The summed E-state index contributed by atoms with van der Waals surface area (Å²) in [6, 6.07) is 0.550. The van der Waals surface area contributed by atoms with Crippen molar-refractivity contribution >= 4 is 17.2 Å². The van der Waals surface area contributed by atoms with E-state index in [0.717, 1.165) is 44.3 Å². The highest BCUT2D eigenvalue weighted by Gasteiger charge is 2.24. The fraction of sp³-hybridized carbons (Fsp3) is 0.692. The molecule has 1 saturated carbocycles. The number of amides is 1. The molecule has 1 aromatic heterocycles. The predicted octanol–water partition coefficient (Wildman–Crippen LogP) is 1.63. The van der Waals surface area contributed by atoms with Crippen molar-refractivity contribution in [3.8, 4) is 0 Å². The molecular formula is C13H21N3OS. The summed E-state index contributed by atoms with van der Waals surface area (Å²) in [7, 11) is 0. The zero-order chi connectivity index (χ0) is 13.0. The highest BCUT2D eigenvalue weighted by Crippen LogP contribution is 2.24. The molecule has 4 nitrogen and oxygen atoms in total. The van der Waals surface area contributed by atoms with Crippen LogP contribution in [0.4, 0.5) is 0 Å². The molecule has 1 fully saturated rings. The van der Waals surface area contributed by atoms with E-state index in [1.54, 1.807) is 11.3 Å². The van der Waals surface area contributed by atoms with Gasteiger partial charge in [-0.3, -0.25) is 4.79 Å². The molecule has 0 aromatic carbocycles. The van der Waals surface area contributed by atoms with Gasteiger partial charge in [0.25, 0.3) is 0 Å².